The highest BCUT2D eigenvalue weighted by Gasteiger charge is 2.34. The fourth-order valence-electron chi connectivity index (χ4n) is 2.04. The van der Waals surface area contributed by atoms with E-state index in [1.165, 1.54) is 0 Å². The number of rotatable bonds is 4. The van der Waals surface area contributed by atoms with E-state index in [-0.39, 0.29) is 5.91 Å². The Bertz CT molecular complexity index is 603. The summed E-state index contributed by atoms with van der Waals surface area (Å²) in [4.78, 5) is 18.8. The molecule has 0 unspecified atom stereocenters. The van der Waals surface area contributed by atoms with Crippen molar-refractivity contribution in [1.29, 1.82) is 0 Å². The first-order valence-corrected chi connectivity index (χ1v) is 8.12. The van der Waals surface area contributed by atoms with Crippen molar-refractivity contribution in [2.45, 2.75) is 25.4 Å². The number of aromatic nitrogens is 2. The molecule has 0 atom stereocenters. The van der Waals surface area contributed by atoms with Crippen LogP contribution in [-0.2, 0) is 13.6 Å². The molecule has 19 heavy (non-hydrogen) atoms. The van der Waals surface area contributed by atoms with Crippen LogP contribution >= 0.6 is 33.9 Å². The Labute approximate surface area is 129 Å². The smallest absolute Gasteiger partial charge is 0.255 e. The monoisotopic (exact) mass is 387 g/mol. The third kappa shape index (κ3) is 2.84. The van der Waals surface area contributed by atoms with E-state index >= 15 is 0 Å². The van der Waals surface area contributed by atoms with Gasteiger partial charge >= 0.3 is 0 Å². The number of carbonyl (C=O) groups excluding carboxylic acids is 1. The molecule has 1 fully saturated rings. The maximum Gasteiger partial charge on any atom is 0.255 e. The van der Waals surface area contributed by atoms with E-state index in [2.05, 4.69) is 27.6 Å². The van der Waals surface area contributed by atoms with E-state index in [1.807, 2.05) is 34.2 Å². The van der Waals surface area contributed by atoms with E-state index in [9.17, 15) is 4.79 Å². The highest BCUT2D eigenvalue weighted by atomic mass is 127. The third-order valence-corrected chi connectivity index (χ3v) is 5.08. The van der Waals surface area contributed by atoms with Crippen molar-refractivity contribution in [2.75, 3.05) is 0 Å². The summed E-state index contributed by atoms with van der Waals surface area (Å²) in [5.74, 6) is 1.06. The fourth-order valence-corrected chi connectivity index (χ4v) is 3.36. The normalized spacial score (nSPS) is 14.6. The Balaban J connectivity index is 1.81. The number of aryl methyl sites for hydroxylation is 1. The average Bonchev–Trinajstić information content (AvgIpc) is 3.01. The highest BCUT2D eigenvalue weighted by molar-refractivity contribution is 14.1. The van der Waals surface area contributed by atoms with Crippen molar-refractivity contribution < 1.29 is 4.79 Å². The van der Waals surface area contributed by atoms with Gasteiger partial charge in [0.1, 0.15) is 5.82 Å². The Morgan fingerprint density at radius 2 is 2.42 bits per heavy atom. The first kappa shape index (κ1) is 13.1. The zero-order valence-electron chi connectivity index (χ0n) is 10.5. The van der Waals surface area contributed by atoms with Gasteiger partial charge in [-0.1, -0.05) is 0 Å². The second kappa shape index (κ2) is 5.24. The molecule has 2 heterocycles. The summed E-state index contributed by atoms with van der Waals surface area (Å²) in [6, 6.07) is 2.35. The summed E-state index contributed by atoms with van der Waals surface area (Å²) in [5.41, 5.74) is 0.801. The van der Waals surface area contributed by atoms with Crippen LogP contribution in [0.4, 0.5) is 0 Å². The molecule has 4 nitrogen and oxygen atoms in total. The van der Waals surface area contributed by atoms with E-state index in [0.29, 0.717) is 12.6 Å². The van der Waals surface area contributed by atoms with Crippen LogP contribution < -0.4 is 0 Å². The van der Waals surface area contributed by atoms with Gasteiger partial charge in [0.2, 0.25) is 0 Å². The SMILES string of the molecule is Cn1ccnc1CN(C(=O)c1csc(I)c1)C1CC1. The van der Waals surface area contributed by atoms with Crippen LogP contribution in [0.1, 0.15) is 29.0 Å². The molecule has 1 amide bonds. The van der Waals surface area contributed by atoms with E-state index < -0.39 is 0 Å². The first-order chi connectivity index (χ1) is 9.15. The van der Waals surface area contributed by atoms with Crippen molar-refractivity contribution in [3.8, 4) is 0 Å². The second-order valence-electron chi connectivity index (χ2n) is 4.76. The second-order valence-corrected chi connectivity index (χ2v) is 7.56. The molecular formula is C13H14IN3OS. The van der Waals surface area contributed by atoms with Crippen LogP contribution in [0.25, 0.3) is 0 Å². The van der Waals surface area contributed by atoms with Crippen LogP contribution in [0.3, 0.4) is 0 Å². The molecule has 0 spiro atoms. The lowest BCUT2D eigenvalue weighted by Crippen LogP contribution is -2.33. The molecule has 0 N–H and O–H groups in total. The molecule has 1 aliphatic carbocycles. The number of halogens is 1. The number of amides is 1. The number of carbonyl (C=O) groups is 1. The minimum absolute atomic E-state index is 0.129. The van der Waals surface area contributed by atoms with Gasteiger partial charge in [-0.3, -0.25) is 4.79 Å². The van der Waals surface area contributed by atoms with Gasteiger partial charge in [-0.25, -0.2) is 4.98 Å². The summed E-state index contributed by atoms with van der Waals surface area (Å²) < 4.78 is 3.12. The Morgan fingerprint density at radius 1 is 1.63 bits per heavy atom. The first-order valence-electron chi connectivity index (χ1n) is 6.16. The largest absolute Gasteiger partial charge is 0.337 e. The lowest BCUT2D eigenvalue weighted by atomic mass is 10.3. The molecule has 3 rings (SSSR count). The molecule has 1 aliphatic rings. The van der Waals surface area contributed by atoms with Crippen LogP contribution in [0.5, 0.6) is 0 Å². The van der Waals surface area contributed by atoms with Crippen LogP contribution in [-0.4, -0.2) is 26.4 Å². The molecule has 1 saturated carbocycles. The number of imidazole rings is 1. The fraction of sp³-hybridized carbons (Fsp3) is 0.385. The van der Waals surface area contributed by atoms with Gasteiger partial charge in [-0.05, 0) is 41.5 Å². The van der Waals surface area contributed by atoms with Gasteiger partial charge in [0.15, 0.2) is 0 Å². The van der Waals surface area contributed by atoms with Crippen molar-refractivity contribution >= 4 is 39.8 Å². The Kier molecular flexibility index (Phi) is 3.62. The van der Waals surface area contributed by atoms with Crippen LogP contribution in [0.2, 0.25) is 0 Å². The average molecular weight is 387 g/mol. The predicted octanol–water partition coefficient (Wildman–Crippen LogP) is 2.89. The maximum atomic E-state index is 12.6. The topological polar surface area (TPSA) is 38.1 Å². The molecule has 0 aliphatic heterocycles. The Hall–Kier alpha value is -0.890. The zero-order chi connectivity index (χ0) is 13.4. The minimum Gasteiger partial charge on any atom is -0.337 e. The predicted molar refractivity (Wildman–Crippen MR) is 83.1 cm³/mol. The molecule has 0 bridgehead atoms. The number of hydrogen-bond acceptors (Lipinski definition) is 3. The van der Waals surface area contributed by atoms with E-state index in [1.54, 1.807) is 17.5 Å². The van der Waals surface area contributed by atoms with Gasteiger partial charge < -0.3 is 9.47 Å². The zero-order valence-corrected chi connectivity index (χ0v) is 13.5. The number of thiophene rings is 1. The summed E-state index contributed by atoms with van der Waals surface area (Å²) >= 11 is 3.86. The molecule has 0 saturated heterocycles. The lowest BCUT2D eigenvalue weighted by molar-refractivity contribution is 0.0724. The van der Waals surface area contributed by atoms with Crippen molar-refractivity contribution in [2.24, 2.45) is 7.05 Å². The van der Waals surface area contributed by atoms with Crippen molar-refractivity contribution in [3.05, 3.63) is 38.1 Å². The lowest BCUT2D eigenvalue weighted by Gasteiger charge is -2.21. The summed E-state index contributed by atoms with van der Waals surface area (Å²) in [7, 11) is 1.96. The van der Waals surface area contributed by atoms with Crippen LogP contribution in [0.15, 0.2) is 23.8 Å². The Morgan fingerprint density at radius 3 is 2.95 bits per heavy atom. The quantitative estimate of drug-likeness (QED) is 0.757. The van der Waals surface area contributed by atoms with Crippen LogP contribution in [0, 0.1) is 2.88 Å². The van der Waals surface area contributed by atoms with Gasteiger partial charge in [0.05, 0.1) is 15.0 Å². The minimum atomic E-state index is 0.129. The number of nitrogens with zero attached hydrogens (tertiary/aromatic N) is 3. The van der Waals surface area contributed by atoms with Gasteiger partial charge in [0, 0.05) is 30.9 Å². The standard InChI is InChI=1S/C13H14IN3OS/c1-16-5-4-15-12(16)7-17(10-2-3-10)13(18)9-6-11(14)19-8-9/h4-6,8,10H,2-3,7H2,1H3. The van der Waals surface area contributed by atoms with Gasteiger partial charge in [0.25, 0.3) is 5.91 Å². The highest BCUT2D eigenvalue weighted by Crippen LogP contribution is 2.30. The summed E-state index contributed by atoms with van der Waals surface area (Å²) in [6.07, 6.45) is 5.91. The van der Waals surface area contributed by atoms with Gasteiger partial charge in [-0.15, -0.1) is 11.3 Å². The van der Waals surface area contributed by atoms with Gasteiger partial charge in [-0.2, -0.15) is 0 Å². The molecule has 0 radical (unpaired) electrons. The molecule has 0 aromatic carbocycles. The molecule has 2 aromatic heterocycles. The third-order valence-electron chi connectivity index (χ3n) is 3.30. The maximum absolute atomic E-state index is 12.6. The van der Waals surface area contributed by atoms with Crippen molar-refractivity contribution in [3.63, 3.8) is 0 Å². The summed E-state index contributed by atoms with van der Waals surface area (Å²) in [6.45, 7) is 0.597. The van der Waals surface area contributed by atoms with E-state index in [4.69, 9.17) is 0 Å². The molecule has 100 valence electrons. The summed E-state index contributed by atoms with van der Waals surface area (Å²) in [5, 5.41) is 1.94. The van der Waals surface area contributed by atoms with E-state index in [0.717, 1.165) is 27.1 Å². The molecule has 6 heteroatoms. The molecular weight excluding hydrogens is 373 g/mol. The number of hydrogen-bond donors (Lipinski definition) is 0. The molecule has 2 aromatic rings. The van der Waals surface area contributed by atoms with Crippen molar-refractivity contribution in [1.82, 2.24) is 14.5 Å².